The molecule has 0 N–H and O–H groups in total. The van der Waals surface area contributed by atoms with Gasteiger partial charge >= 0.3 is 0 Å². The highest BCUT2D eigenvalue weighted by Crippen LogP contribution is 2.16. The molecule has 0 atom stereocenters. The molecule has 1 nitrogen and oxygen atoms in total. The summed E-state index contributed by atoms with van der Waals surface area (Å²) in [5.74, 6) is 0. The Morgan fingerprint density at radius 3 is 2.33 bits per heavy atom. The van der Waals surface area contributed by atoms with Crippen LogP contribution in [0.3, 0.4) is 0 Å². The zero-order valence-corrected chi connectivity index (χ0v) is 9.18. The lowest BCUT2D eigenvalue weighted by atomic mass is 10.2. The maximum atomic E-state index is 10.2. The van der Waals surface area contributed by atoms with Crippen LogP contribution in [0.4, 0.5) is 0 Å². The van der Waals surface area contributed by atoms with Crippen molar-refractivity contribution in [3.8, 4) is 0 Å². The predicted octanol–water partition coefficient (Wildman–Crippen LogP) is 3.60. The number of aldehydes is 1. The Labute approximate surface area is 81.9 Å². The number of hydrogen-bond acceptors (Lipinski definition) is 1. The highest BCUT2D eigenvalue weighted by molar-refractivity contribution is 9.10. The molecule has 0 radical (unpaired) electrons. The minimum atomic E-state index is 0.706. The third-order valence-corrected chi connectivity index (χ3v) is 2.19. The molecule has 0 unspecified atom stereocenters. The van der Waals surface area contributed by atoms with E-state index in [2.05, 4.69) is 15.9 Å². The highest BCUT2D eigenvalue weighted by atomic mass is 79.9. The number of halogens is 1. The van der Waals surface area contributed by atoms with Crippen molar-refractivity contribution in [3.63, 3.8) is 0 Å². The van der Waals surface area contributed by atoms with E-state index in [0.717, 1.165) is 16.3 Å². The second kappa shape index (κ2) is 5.95. The van der Waals surface area contributed by atoms with Crippen molar-refractivity contribution in [1.29, 1.82) is 0 Å². The lowest BCUT2D eigenvalue weighted by Crippen LogP contribution is -1.80. The first-order valence-corrected chi connectivity index (χ1v) is 4.74. The molecule has 0 heterocycles. The van der Waals surface area contributed by atoms with E-state index in [9.17, 15) is 4.79 Å². The van der Waals surface area contributed by atoms with Crippen LogP contribution in [-0.4, -0.2) is 6.29 Å². The van der Waals surface area contributed by atoms with Gasteiger partial charge < -0.3 is 0 Å². The monoisotopic (exact) mass is 228 g/mol. The van der Waals surface area contributed by atoms with Crippen molar-refractivity contribution >= 4 is 22.2 Å². The van der Waals surface area contributed by atoms with Gasteiger partial charge in [-0.05, 0) is 18.6 Å². The Bertz CT molecular complexity index is 256. The summed E-state index contributed by atoms with van der Waals surface area (Å²) in [7, 11) is 0. The van der Waals surface area contributed by atoms with Crippen LogP contribution in [0.1, 0.15) is 29.8 Å². The van der Waals surface area contributed by atoms with Crippen molar-refractivity contribution in [2.45, 2.75) is 20.8 Å². The molecule has 12 heavy (non-hydrogen) atoms. The quantitative estimate of drug-likeness (QED) is 0.672. The Morgan fingerprint density at radius 1 is 1.33 bits per heavy atom. The van der Waals surface area contributed by atoms with Crippen molar-refractivity contribution in [2.75, 3.05) is 0 Å². The van der Waals surface area contributed by atoms with Crippen molar-refractivity contribution in [2.24, 2.45) is 0 Å². The number of carbonyl (C=O) groups excluding carboxylic acids is 1. The normalized spacial score (nSPS) is 8.33. The molecule has 1 aromatic carbocycles. The summed E-state index contributed by atoms with van der Waals surface area (Å²) in [5.41, 5.74) is 1.85. The molecule has 1 aromatic rings. The van der Waals surface area contributed by atoms with Crippen LogP contribution < -0.4 is 0 Å². The lowest BCUT2D eigenvalue weighted by molar-refractivity contribution is 0.112. The number of carbonyl (C=O) groups is 1. The molecule has 0 spiro atoms. The largest absolute Gasteiger partial charge is 0.298 e. The lowest BCUT2D eigenvalue weighted by Gasteiger charge is -1.96. The molecule has 0 fully saturated rings. The zero-order valence-electron chi connectivity index (χ0n) is 7.60. The van der Waals surface area contributed by atoms with Gasteiger partial charge in [0.1, 0.15) is 6.29 Å². The summed E-state index contributed by atoms with van der Waals surface area (Å²) >= 11 is 3.33. The summed E-state index contributed by atoms with van der Waals surface area (Å²) < 4.78 is 0.983. The van der Waals surface area contributed by atoms with Crippen LogP contribution in [0.2, 0.25) is 0 Å². The summed E-state index contributed by atoms with van der Waals surface area (Å²) in [6, 6.07) is 5.52. The van der Waals surface area contributed by atoms with Crippen LogP contribution in [0.25, 0.3) is 0 Å². The zero-order chi connectivity index (χ0) is 9.56. The number of rotatable bonds is 1. The first-order valence-electron chi connectivity index (χ1n) is 3.95. The van der Waals surface area contributed by atoms with Gasteiger partial charge in [0.25, 0.3) is 0 Å². The van der Waals surface area contributed by atoms with Crippen molar-refractivity contribution < 1.29 is 4.79 Å². The summed E-state index contributed by atoms with van der Waals surface area (Å²) in [4.78, 5) is 10.2. The van der Waals surface area contributed by atoms with Gasteiger partial charge in [-0.1, -0.05) is 41.9 Å². The van der Waals surface area contributed by atoms with E-state index in [-0.39, 0.29) is 0 Å². The van der Waals surface area contributed by atoms with Crippen molar-refractivity contribution in [3.05, 3.63) is 33.8 Å². The minimum Gasteiger partial charge on any atom is -0.298 e. The van der Waals surface area contributed by atoms with Gasteiger partial charge in [-0.2, -0.15) is 0 Å². The van der Waals surface area contributed by atoms with Gasteiger partial charge in [0, 0.05) is 10.0 Å². The molecule has 66 valence electrons. The van der Waals surface area contributed by atoms with E-state index in [1.54, 1.807) is 6.07 Å². The van der Waals surface area contributed by atoms with Gasteiger partial charge in [-0.3, -0.25) is 4.79 Å². The molecule has 0 amide bonds. The van der Waals surface area contributed by atoms with E-state index >= 15 is 0 Å². The van der Waals surface area contributed by atoms with E-state index in [1.807, 2.05) is 32.9 Å². The SMILES string of the molecule is CC.Cc1ccc(C=O)cc1Br. The van der Waals surface area contributed by atoms with Crippen LogP contribution in [0, 0.1) is 6.92 Å². The molecule has 0 saturated carbocycles. The predicted molar refractivity (Wildman–Crippen MR) is 55.6 cm³/mol. The van der Waals surface area contributed by atoms with Crippen LogP contribution in [0.15, 0.2) is 22.7 Å². The average Bonchev–Trinajstić information content (AvgIpc) is 2.13. The second-order valence-corrected chi connectivity index (χ2v) is 2.98. The Kier molecular flexibility index (Phi) is 5.64. The molecular formula is C10H13BrO. The smallest absolute Gasteiger partial charge is 0.150 e. The number of aryl methyl sites for hydroxylation is 1. The molecule has 0 aliphatic carbocycles. The maximum absolute atomic E-state index is 10.2. The first-order chi connectivity index (χ1) is 5.74. The van der Waals surface area contributed by atoms with Gasteiger partial charge in [-0.25, -0.2) is 0 Å². The third kappa shape index (κ3) is 3.18. The standard InChI is InChI=1S/C8H7BrO.C2H6/c1-6-2-3-7(5-10)4-8(6)9;1-2/h2-5H,1H3;1-2H3. The van der Waals surface area contributed by atoms with E-state index in [1.165, 1.54) is 0 Å². The number of hydrogen-bond donors (Lipinski definition) is 0. The van der Waals surface area contributed by atoms with E-state index < -0.39 is 0 Å². The fraction of sp³-hybridized carbons (Fsp3) is 0.300. The fourth-order valence-electron chi connectivity index (χ4n) is 0.682. The van der Waals surface area contributed by atoms with Crippen LogP contribution >= 0.6 is 15.9 Å². The van der Waals surface area contributed by atoms with Gasteiger partial charge in [-0.15, -0.1) is 0 Å². The molecule has 0 aliphatic heterocycles. The Hall–Kier alpha value is -0.630. The van der Waals surface area contributed by atoms with Crippen LogP contribution in [0.5, 0.6) is 0 Å². The average molecular weight is 229 g/mol. The highest BCUT2D eigenvalue weighted by Gasteiger charge is 1.94. The van der Waals surface area contributed by atoms with Gasteiger partial charge in [0.05, 0.1) is 0 Å². The summed E-state index contributed by atoms with van der Waals surface area (Å²) in [6.07, 6.45) is 0.837. The van der Waals surface area contributed by atoms with E-state index in [4.69, 9.17) is 0 Å². The molecule has 0 aromatic heterocycles. The topological polar surface area (TPSA) is 17.1 Å². The Balaban J connectivity index is 0.000000561. The molecular weight excluding hydrogens is 216 g/mol. The first kappa shape index (κ1) is 11.4. The number of benzene rings is 1. The van der Waals surface area contributed by atoms with Crippen LogP contribution in [-0.2, 0) is 0 Å². The summed E-state index contributed by atoms with van der Waals surface area (Å²) in [5, 5.41) is 0. The fourth-order valence-corrected chi connectivity index (χ4v) is 1.08. The maximum Gasteiger partial charge on any atom is 0.150 e. The summed E-state index contributed by atoms with van der Waals surface area (Å²) in [6.45, 7) is 5.98. The van der Waals surface area contributed by atoms with Gasteiger partial charge in [0.2, 0.25) is 0 Å². The molecule has 1 rings (SSSR count). The molecule has 2 heteroatoms. The van der Waals surface area contributed by atoms with E-state index in [0.29, 0.717) is 5.56 Å². The second-order valence-electron chi connectivity index (χ2n) is 2.13. The minimum absolute atomic E-state index is 0.706. The molecule has 0 bridgehead atoms. The van der Waals surface area contributed by atoms with Crippen molar-refractivity contribution in [1.82, 2.24) is 0 Å². The molecule has 0 saturated heterocycles. The molecule has 0 aliphatic rings. The Morgan fingerprint density at radius 2 is 1.92 bits per heavy atom. The third-order valence-electron chi connectivity index (χ3n) is 1.33. The van der Waals surface area contributed by atoms with Gasteiger partial charge in [0.15, 0.2) is 0 Å².